The number of primary amides is 1. The number of ether oxygens (including phenoxy) is 1. The van der Waals surface area contributed by atoms with Gasteiger partial charge >= 0.3 is 0 Å². The molecule has 1 aliphatic heterocycles. The molecule has 2 amide bonds. The number of fused-ring (bicyclic) bond motifs is 2. The predicted octanol–water partition coefficient (Wildman–Crippen LogP) is 5.22. The van der Waals surface area contributed by atoms with E-state index in [2.05, 4.69) is 21.2 Å². The number of rotatable bonds is 5. The van der Waals surface area contributed by atoms with Gasteiger partial charge in [0.15, 0.2) is 0 Å². The number of benzene rings is 3. The van der Waals surface area contributed by atoms with Gasteiger partial charge in [-0.3, -0.25) is 14.5 Å². The number of hydrogen-bond acceptors (Lipinski definition) is 4. The van der Waals surface area contributed by atoms with Crippen molar-refractivity contribution in [3.63, 3.8) is 0 Å². The molecule has 174 valence electrons. The van der Waals surface area contributed by atoms with E-state index < -0.39 is 11.1 Å². The van der Waals surface area contributed by atoms with Gasteiger partial charge in [-0.2, -0.15) is 0 Å². The quantitative estimate of drug-likeness (QED) is 0.483. The molecule has 6 nitrogen and oxygen atoms in total. The van der Waals surface area contributed by atoms with Crippen LogP contribution in [0.4, 0.5) is 11.4 Å². The molecule has 0 aromatic heterocycles. The highest BCUT2D eigenvalue weighted by Crippen LogP contribution is 2.53. The molecule has 34 heavy (non-hydrogen) atoms. The molecule has 1 aliphatic carbocycles. The van der Waals surface area contributed by atoms with Crippen molar-refractivity contribution in [3.05, 3.63) is 88.4 Å². The molecule has 0 radical (unpaired) electrons. The van der Waals surface area contributed by atoms with Crippen molar-refractivity contribution >= 4 is 39.1 Å². The van der Waals surface area contributed by atoms with Crippen molar-refractivity contribution in [2.24, 2.45) is 5.73 Å². The third kappa shape index (κ3) is 3.55. The molecule has 1 heterocycles. The van der Waals surface area contributed by atoms with Crippen LogP contribution in [0.3, 0.4) is 0 Å². The van der Waals surface area contributed by atoms with Gasteiger partial charge in [-0.1, -0.05) is 46.3 Å². The second kappa shape index (κ2) is 8.47. The SMILES string of the molecule is COc1cccc(N2C(=O)c3ccccc3C23CCC(Nc2cccc(Br)c2)(C(N)=O)CC3)c1. The number of halogens is 1. The number of carbonyl (C=O) groups excluding carboxylic acids is 2. The Morgan fingerprint density at radius 1 is 1.00 bits per heavy atom. The number of nitrogens with two attached hydrogens (primary N) is 1. The van der Waals surface area contributed by atoms with Crippen LogP contribution in [-0.4, -0.2) is 24.5 Å². The van der Waals surface area contributed by atoms with E-state index in [9.17, 15) is 9.59 Å². The van der Waals surface area contributed by atoms with Crippen LogP contribution in [-0.2, 0) is 10.3 Å². The van der Waals surface area contributed by atoms with Gasteiger partial charge in [0.05, 0.1) is 12.6 Å². The minimum Gasteiger partial charge on any atom is -0.497 e. The summed E-state index contributed by atoms with van der Waals surface area (Å²) in [5, 5.41) is 3.42. The zero-order valence-electron chi connectivity index (χ0n) is 18.9. The normalized spacial score (nSPS) is 23.6. The van der Waals surface area contributed by atoms with Crippen LogP contribution in [0.25, 0.3) is 0 Å². The smallest absolute Gasteiger partial charge is 0.259 e. The molecule has 0 unspecified atom stereocenters. The lowest BCUT2D eigenvalue weighted by Crippen LogP contribution is -2.58. The average molecular weight is 520 g/mol. The summed E-state index contributed by atoms with van der Waals surface area (Å²) in [7, 11) is 1.62. The first-order chi connectivity index (χ1) is 16.4. The molecule has 7 heteroatoms. The van der Waals surface area contributed by atoms with E-state index in [0.29, 0.717) is 37.0 Å². The largest absolute Gasteiger partial charge is 0.497 e. The fourth-order valence-corrected chi connectivity index (χ4v) is 5.88. The van der Waals surface area contributed by atoms with Gasteiger partial charge in [-0.15, -0.1) is 0 Å². The molecule has 1 spiro atoms. The highest BCUT2D eigenvalue weighted by atomic mass is 79.9. The fraction of sp³-hybridized carbons (Fsp3) is 0.259. The molecule has 0 saturated heterocycles. The Morgan fingerprint density at radius 3 is 2.44 bits per heavy atom. The van der Waals surface area contributed by atoms with E-state index in [4.69, 9.17) is 10.5 Å². The summed E-state index contributed by atoms with van der Waals surface area (Å²) < 4.78 is 6.35. The van der Waals surface area contributed by atoms with Crippen LogP contribution < -0.4 is 20.7 Å². The summed E-state index contributed by atoms with van der Waals surface area (Å²) in [6.45, 7) is 0. The zero-order valence-corrected chi connectivity index (χ0v) is 20.5. The lowest BCUT2D eigenvalue weighted by Gasteiger charge is -2.48. The van der Waals surface area contributed by atoms with Gasteiger partial charge < -0.3 is 15.8 Å². The lowest BCUT2D eigenvalue weighted by molar-refractivity contribution is -0.123. The third-order valence-electron chi connectivity index (χ3n) is 7.21. The molecule has 3 aromatic rings. The van der Waals surface area contributed by atoms with Crippen molar-refractivity contribution in [1.29, 1.82) is 0 Å². The highest BCUT2D eigenvalue weighted by molar-refractivity contribution is 9.10. The van der Waals surface area contributed by atoms with Gasteiger partial charge in [-0.25, -0.2) is 0 Å². The summed E-state index contributed by atoms with van der Waals surface area (Å²) in [6, 6.07) is 23.1. The van der Waals surface area contributed by atoms with Crippen molar-refractivity contribution < 1.29 is 14.3 Å². The molecule has 1 fully saturated rings. The van der Waals surface area contributed by atoms with Crippen molar-refractivity contribution in [2.75, 3.05) is 17.3 Å². The van der Waals surface area contributed by atoms with Gasteiger partial charge in [0.25, 0.3) is 5.91 Å². The van der Waals surface area contributed by atoms with Gasteiger partial charge in [0.1, 0.15) is 11.3 Å². The molecule has 3 aromatic carbocycles. The van der Waals surface area contributed by atoms with E-state index in [1.54, 1.807) is 7.11 Å². The molecule has 5 rings (SSSR count). The average Bonchev–Trinajstić information content (AvgIpc) is 3.08. The number of carbonyl (C=O) groups is 2. The maximum Gasteiger partial charge on any atom is 0.259 e. The van der Waals surface area contributed by atoms with Crippen LogP contribution in [0.15, 0.2) is 77.3 Å². The van der Waals surface area contributed by atoms with Crippen molar-refractivity contribution in [3.8, 4) is 5.75 Å². The fourth-order valence-electron chi connectivity index (χ4n) is 5.48. The van der Waals surface area contributed by atoms with E-state index >= 15 is 0 Å². The second-order valence-electron chi connectivity index (χ2n) is 9.00. The van der Waals surface area contributed by atoms with E-state index in [0.717, 1.165) is 21.4 Å². The molecule has 0 atom stereocenters. The Balaban J connectivity index is 1.55. The lowest BCUT2D eigenvalue weighted by atomic mass is 9.68. The Labute approximate surface area is 207 Å². The standard InChI is InChI=1S/C27H26BrN3O3/c1-34-21-9-5-8-20(17-21)31-24(32)22-10-2-3-11-23(22)27(31)14-12-26(13-15-27,25(29)33)30-19-7-4-6-18(28)16-19/h2-11,16-17,30H,12-15H2,1H3,(H2,29,33). The van der Waals surface area contributed by atoms with Gasteiger partial charge in [0.2, 0.25) is 5.91 Å². The summed E-state index contributed by atoms with van der Waals surface area (Å²) in [5.74, 6) is 0.276. The monoisotopic (exact) mass is 519 g/mol. The molecule has 2 aliphatic rings. The first kappa shape index (κ1) is 22.5. The van der Waals surface area contributed by atoms with E-state index in [1.165, 1.54) is 0 Å². The number of nitrogens with zero attached hydrogens (tertiary/aromatic N) is 1. The molecule has 3 N–H and O–H groups in total. The molecule has 0 bridgehead atoms. The third-order valence-corrected chi connectivity index (χ3v) is 7.71. The van der Waals surface area contributed by atoms with Crippen molar-refractivity contribution in [1.82, 2.24) is 0 Å². The van der Waals surface area contributed by atoms with Crippen LogP contribution in [0.5, 0.6) is 5.75 Å². The summed E-state index contributed by atoms with van der Waals surface area (Å²) in [5.41, 5.74) is 7.84. The van der Waals surface area contributed by atoms with Crippen molar-refractivity contribution in [2.45, 2.75) is 36.8 Å². The first-order valence-electron chi connectivity index (χ1n) is 11.3. The van der Waals surface area contributed by atoms with Gasteiger partial charge in [0, 0.05) is 27.5 Å². The minimum atomic E-state index is -0.896. The zero-order chi connectivity index (χ0) is 23.9. The van der Waals surface area contributed by atoms with Crippen LogP contribution in [0, 0.1) is 0 Å². The highest BCUT2D eigenvalue weighted by Gasteiger charge is 2.55. The Morgan fingerprint density at radius 2 is 1.74 bits per heavy atom. The van der Waals surface area contributed by atoms with Crippen LogP contribution in [0.1, 0.15) is 41.6 Å². The molecular weight excluding hydrogens is 494 g/mol. The Bertz CT molecular complexity index is 1270. The Hall–Kier alpha value is -3.32. The molecular formula is C27H26BrN3O3. The second-order valence-corrected chi connectivity index (χ2v) is 9.92. The summed E-state index contributed by atoms with van der Waals surface area (Å²) in [6.07, 6.45) is 2.18. The predicted molar refractivity (Wildman–Crippen MR) is 136 cm³/mol. The van der Waals surface area contributed by atoms with E-state index in [1.807, 2.05) is 77.7 Å². The number of hydrogen-bond donors (Lipinski definition) is 2. The summed E-state index contributed by atoms with van der Waals surface area (Å²) >= 11 is 3.49. The summed E-state index contributed by atoms with van der Waals surface area (Å²) in [4.78, 5) is 28.3. The number of methoxy groups -OCH3 is 1. The van der Waals surface area contributed by atoms with Crippen LogP contribution in [0.2, 0.25) is 0 Å². The minimum absolute atomic E-state index is 0.0321. The maximum atomic E-state index is 13.7. The number of anilines is 2. The van der Waals surface area contributed by atoms with Crippen LogP contribution >= 0.6 is 15.9 Å². The van der Waals surface area contributed by atoms with Gasteiger partial charge in [-0.05, 0) is 67.6 Å². The topological polar surface area (TPSA) is 84.7 Å². The number of nitrogens with one attached hydrogen (secondary N) is 1. The molecule has 1 saturated carbocycles. The Kier molecular flexibility index (Phi) is 5.60. The maximum absolute atomic E-state index is 13.7. The number of amides is 2. The van der Waals surface area contributed by atoms with E-state index in [-0.39, 0.29) is 11.8 Å². The first-order valence-corrected chi connectivity index (χ1v) is 12.1.